The van der Waals surface area contributed by atoms with E-state index in [0.717, 1.165) is 5.56 Å². The fraction of sp³-hybridized carbons (Fsp3) is 0.562. The molecule has 1 rings (SSSR count). The van der Waals surface area contributed by atoms with Crippen molar-refractivity contribution in [1.29, 1.82) is 0 Å². The highest BCUT2D eigenvalue weighted by molar-refractivity contribution is 7.92. The molecule has 0 heterocycles. The highest BCUT2D eigenvalue weighted by Crippen LogP contribution is 2.37. The molecule has 0 radical (unpaired) electrons. The zero-order chi connectivity index (χ0) is 17.8. The minimum Gasteiger partial charge on any atom is -0.481 e. The van der Waals surface area contributed by atoms with Gasteiger partial charge in [0, 0.05) is 20.1 Å². The molecule has 0 aliphatic rings. The first-order valence-corrected chi connectivity index (χ1v) is 8.65. The first-order valence-electron chi connectivity index (χ1n) is 7.16. The minimum absolute atomic E-state index is 0.148. The van der Waals surface area contributed by atoms with Gasteiger partial charge in [-0.2, -0.15) is 0 Å². The van der Waals surface area contributed by atoms with Crippen molar-refractivity contribution >= 4 is 15.8 Å². The van der Waals surface area contributed by atoms with E-state index in [2.05, 4.69) is 0 Å². The zero-order valence-electron chi connectivity index (χ0n) is 14.1. The number of carboxylic acids is 1. The molecule has 7 heteroatoms. The maximum atomic E-state index is 13.0. The molecule has 1 aromatic carbocycles. The third kappa shape index (κ3) is 4.10. The van der Waals surface area contributed by atoms with E-state index in [4.69, 9.17) is 14.6 Å². The summed E-state index contributed by atoms with van der Waals surface area (Å²) in [6, 6.07) is 6.47. The van der Waals surface area contributed by atoms with Crippen molar-refractivity contribution < 1.29 is 27.8 Å². The standard InChI is InChI=1S/C16H24O6S/c1-11-6-8-12(9-7-11)23(19,20)16(2,3)13(10-14(17)18)15(21-4)22-5/h6-9,13,15H,10H2,1-5H3,(H,17,18). The molecule has 0 amide bonds. The highest BCUT2D eigenvalue weighted by Gasteiger charge is 2.47. The highest BCUT2D eigenvalue weighted by atomic mass is 32.2. The molecule has 0 aromatic heterocycles. The maximum absolute atomic E-state index is 13.0. The number of aryl methyl sites for hydroxylation is 1. The number of methoxy groups -OCH3 is 2. The predicted molar refractivity (Wildman–Crippen MR) is 86.0 cm³/mol. The Morgan fingerprint density at radius 3 is 2.04 bits per heavy atom. The fourth-order valence-electron chi connectivity index (χ4n) is 2.50. The Kier molecular flexibility index (Phi) is 6.33. The number of ether oxygens (including phenoxy) is 2. The molecule has 0 saturated carbocycles. The molecule has 130 valence electrons. The Bertz CT molecular complexity index is 629. The second kappa shape index (κ2) is 7.42. The van der Waals surface area contributed by atoms with E-state index in [9.17, 15) is 13.2 Å². The van der Waals surface area contributed by atoms with E-state index in [1.807, 2.05) is 6.92 Å². The van der Waals surface area contributed by atoms with Gasteiger partial charge in [0.05, 0.1) is 16.1 Å². The Labute approximate surface area is 137 Å². The van der Waals surface area contributed by atoms with Crippen molar-refractivity contribution in [3.63, 3.8) is 0 Å². The van der Waals surface area contributed by atoms with E-state index < -0.39 is 32.8 Å². The molecule has 6 nitrogen and oxygen atoms in total. The molecule has 0 spiro atoms. The van der Waals surface area contributed by atoms with Crippen LogP contribution in [0.3, 0.4) is 0 Å². The van der Waals surface area contributed by atoms with Crippen LogP contribution in [0.5, 0.6) is 0 Å². The van der Waals surface area contributed by atoms with Crippen LogP contribution in [-0.4, -0.2) is 44.8 Å². The second-order valence-electron chi connectivity index (χ2n) is 5.96. The Morgan fingerprint density at radius 2 is 1.65 bits per heavy atom. The first-order chi connectivity index (χ1) is 10.6. The van der Waals surface area contributed by atoms with Gasteiger partial charge in [-0.05, 0) is 32.9 Å². The van der Waals surface area contributed by atoms with Gasteiger partial charge in [-0.15, -0.1) is 0 Å². The second-order valence-corrected chi connectivity index (χ2v) is 8.49. The van der Waals surface area contributed by atoms with E-state index >= 15 is 0 Å². The average Bonchev–Trinajstić information content (AvgIpc) is 2.47. The van der Waals surface area contributed by atoms with Crippen LogP contribution in [0.25, 0.3) is 0 Å². The number of rotatable bonds is 8. The van der Waals surface area contributed by atoms with E-state index in [0.29, 0.717) is 0 Å². The Morgan fingerprint density at radius 1 is 1.17 bits per heavy atom. The summed E-state index contributed by atoms with van der Waals surface area (Å²) in [5.41, 5.74) is 0.940. The molecule has 0 saturated heterocycles. The molecule has 0 aliphatic heterocycles. The van der Waals surface area contributed by atoms with E-state index in [1.165, 1.54) is 40.2 Å². The largest absolute Gasteiger partial charge is 0.481 e. The fourth-order valence-corrected chi connectivity index (χ4v) is 4.20. The summed E-state index contributed by atoms with van der Waals surface area (Å²) in [5.74, 6) is -1.98. The van der Waals surface area contributed by atoms with Crippen molar-refractivity contribution in [2.24, 2.45) is 5.92 Å². The summed E-state index contributed by atoms with van der Waals surface area (Å²) >= 11 is 0. The van der Waals surface area contributed by atoms with Gasteiger partial charge in [-0.3, -0.25) is 4.79 Å². The quantitative estimate of drug-likeness (QED) is 0.728. The molecular weight excluding hydrogens is 320 g/mol. The normalized spacial score (nSPS) is 14.0. The molecule has 1 aromatic rings. The lowest BCUT2D eigenvalue weighted by molar-refractivity contribution is -0.159. The van der Waals surface area contributed by atoms with Crippen molar-refractivity contribution in [2.75, 3.05) is 14.2 Å². The molecule has 23 heavy (non-hydrogen) atoms. The SMILES string of the molecule is COC(OC)C(CC(=O)O)C(C)(C)S(=O)(=O)c1ccc(C)cc1. The minimum atomic E-state index is -3.79. The zero-order valence-corrected chi connectivity index (χ0v) is 14.9. The lowest BCUT2D eigenvalue weighted by atomic mass is 9.90. The molecule has 1 atom stereocenters. The maximum Gasteiger partial charge on any atom is 0.303 e. The average molecular weight is 344 g/mol. The van der Waals surface area contributed by atoms with Crippen molar-refractivity contribution in [2.45, 2.75) is 43.1 Å². The lowest BCUT2D eigenvalue weighted by Gasteiger charge is -2.36. The predicted octanol–water partition coefficient (Wildman–Crippen LogP) is 2.26. The van der Waals surface area contributed by atoms with Gasteiger partial charge in [0.1, 0.15) is 0 Å². The third-order valence-corrected chi connectivity index (χ3v) is 6.69. The Balaban J connectivity index is 3.36. The van der Waals surface area contributed by atoms with Gasteiger partial charge in [-0.25, -0.2) is 8.42 Å². The smallest absolute Gasteiger partial charge is 0.303 e. The number of benzene rings is 1. The number of sulfone groups is 1. The van der Waals surface area contributed by atoms with Gasteiger partial charge in [0.15, 0.2) is 16.1 Å². The van der Waals surface area contributed by atoms with Gasteiger partial charge in [0.25, 0.3) is 0 Å². The molecular formula is C16H24O6S. The van der Waals surface area contributed by atoms with Crippen LogP contribution in [-0.2, 0) is 24.1 Å². The summed E-state index contributed by atoms with van der Waals surface area (Å²) < 4.78 is 34.9. The summed E-state index contributed by atoms with van der Waals surface area (Å²) in [7, 11) is -1.07. The number of hydrogen-bond acceptors (Lipinski definition) is 5. The van der Waals surface area contributed by atoms with Crippen LogP contribution in [0.4, 0.5) is 0 Å². The van der Waals surface area contributed by atoms with Crippen LogP contribution < -0.4 is 0 Å². The van der Waals surface area contributed by atoms with Crippen LogP contribution >= 0.6 is 0 Å². The number of aliphatic carboxylic acids is 1. The van der Waals surface area contributed by atoms with Crippen molar-refractivity contribution in [3.8, 4) is 0 Å². The summed E-state index contributed by atoms with van der Waals surface area (Å²) in [6.45, 7) is 4.86. The molecule has 0 fully saturated rings. The van der Waals surface area contributed by atoms with E-state index in [-0.39, 0.29) is 11.3 Å². The summed E-state index contributed by atoms with van der Waals surface area (Å²) in [6.07, 6.45) is -1.33. The van der Waals surface area contributed by atoms with Crippen LogP contribution in [0.15, 0.2) is 29.2 Å². The van der Waals surface area contributed by atoms with E-state index in [1.54, 1.807) is 12.1 Å². The first kappa shape index (κ1) is 19.6. The molecule has 1 unspecified atom stereocenters. The summed E-state index contributed by atoms with van der Waals surface area (Å²) in [4.78, 5) is 11.3. The monoisotopic (exact) mass is 344 g/mol. The third-order valence-electron chi connectivity index (χ3n) is 4.10. The van der Waals surface area contributed by atoms with Crippen LogP contribution in [0.2, 0.25) is 0 Å². The number of carboxylic acid groups (broad SMARTS) is 1. The topological polar surface area (TPSA) is 89.9 Å². The van der Waals surface area contributed by atoms with Gasteiger partial charge in [-0.1, -0.05) is 17.7 Å². The summed E-state index contributed by atoms with van der Waals surface area (Å²) in [5, 5.41) is 9.15. The van der Waals surface area contributed by atoms with Crippen molar-refractivity contribution in [3.05, 3.63) is 29.8 Å². The van der Waals surface area contributed by atoms with Gasteiger partial charge < -0.3 is 14.6 Å². The Hall–Kier alpha value is -1.44. The molecule has 1 N–H and O–H groups in total. The molecule has 0 bridgehead atoms. The number of carbonyl (C=O) groups is 1. The number of hydrogen-bond donors (Lipinski definition) is 1. The molecule has 0 aliphatic carbocycles. The van der Waals surface area contributed by atoms with Gasteiger partial charge in [0.2, 0.25) is 0 Å². The van der Waals surface area contributed by atoms with Crippen LogP contribution in [0, 0.1) is 12.8 Å². The lowest BCUT2D eigenvalue weighted by Crippen LogP contribution is -2.48. The van der Waals surface area contributed by atoms with Crippen LogP contribution in [0.1, 0.15) is 25.8 Å². The van der Waals surface area contributed by atoms with Gasteiger partial charge >= 0.3 is 5.97 Å². The van der Waals surface area contributed by atoms with Crippen molar-refractivity contribution in [1.82, 2.24) is 0 Å².